The van der Waals surface area contributed by atoms with E-state index in [9.17, 15) is 23.8 Å². The van der Waals surface area contributed by atoms with Gasteiger partial charge in [0.15, 0.2) is 16.9 Å². The Hall–Kier alpha value is -0.540. The fourth-order valence-corrected chi connectivity index (χ4v) is 5.42. The van der Waals surface area contributed by atoms with Crippen LogP contribution in [0.1, 0.15) is 113 Å². The number of methoxy groups -OCH3 is 1. The molecular formula is C31H64N2O9S. The van der Waals surface area contributed by atoms with Crippen molar-refractivity contribution in [1.29, 1.82) is 0 Å². The second kappa shape index (κ2) is 22.1. The van der Waals surface area contributed by atoms with Crippen molar-refractivity contribution in [3.05, 3.63) is 0 Å². The Balaban J connectivity index is 4.69. The lowest BCUT2D eigenvalue weighted by molar-refractivity contribution is -0.138. The topological polar surface area (TPSA) is 167 Å². The SMILES string of the molecule is CCC(C)(CC)C(=O)C(CCCCNC(O)CCOC(C)(C)COC(C)(C)COC)NC(O)CCCC(CCO)S(=O)O. The number of aliphatic hydroxyl groups is 3. The van der Waals surface area contributed by atoms with Crippen LogP contribution in [0.3, 0.4) is 0 Å². The number of Topliss-reactive ketones (excluding diaryl/α,β-unsaturated/α-hetero) is 1. The number of nitrogens with one attached hydrogen (secondary N) is 2. The highest BCUT2D eigenvalue weighted by Gasteiger charge is 2.35. The maximum Gasteiger partial charge on any atom is 0.156 e. The minimum Gasteiger partial charge on any atom is -0.396 e. The third kappa shape index (κ3) is 18.9. The van der Waals surface area contributed by atoms with Crippen LogP contribution >= 0.6 is 0 Å². The van der Waals surface area contributed by atoms with Gasteiger partial charge in [0, 0.05) is 25.6 Å². The number of ether oxygens (including phenoxy) is 3. The van der Waals surface area contributed by atoms with Crippen LogP contribution in [0.4, 0.5) is 0 Å². The predicted molar refractivity (Wildman–Crippen MR) is 171 cm³/mol. The molecule has 0 rings (SSSR count). The third-order valence-electron chi connectivity index (χ3n) is 8.09. The lowest BCUT2D eigenvalue weighted by Crippen LogP contribution is -2.48. The van der Waals surface area contributed by atoms with E-state index in [1.807, 2.05) is 48.5 Å². The summed E-state index contributed by atoms with van der Waals surface area (Å²) in [5, 5.41) is 35.8. The quantitative estimate of drug-likeness (QED) is 0.0421. The molecule has 258 valence electrons. The highest BCUT2D eigenvalue weighted by molar-refractivity contribution is 7.79. The average molecular weight is 641 g/mol. The number of hydrogen-bond acceptors (Lipinski definition) is 10. The molecule has 0 amide bonds. The molecule has 0 radical (unpaired) electrons. The molecular weight excluding hydrogens is 576 g/mol. The zero-order valence-corrected chi connectivity index (χ0v) is 29.0. The molecule has 5 atom stereocenters. The molecule has 43 heavy (non-hydrogen) atoms. The Morgan fingerprint density at radius 2 is 1.47 bits per heavy atom. The van der Waals surface area contributed by atoms with Gasteiger partial charge in [0.25, 0.3) is 0 Å². The van der Waals surface area contributed by atoms with Gasteiger partial charge in [-0.05, 0) is 85.6 Å². The van der Waals surface area contributed by atoms with Gasteiger partial charge in [-0.2, -0.15) is 0 Å². The van der Waals surface area contributed by atoms with Crippen LogP contribution in [-0.2, 0) is 30.1 Å². The molecule has 0 aromatic carbocycles. The van der Waals surface area contributed by atoms with Gasteiger partial charge >= 0.3 is 0 Å². The second-order valence-corrected chi connectivity index (χ2v) is 14.3. The molecule has 0 heterocycles. The van der Waals surface area contributed by atoms with Crippen LogP contribution in [-0.4, -0.2) is 105 Å². The van der Waals surface area contributed by atoms with E-state index in [2.05, 4.69) is 10.6 Å². The van der Waals surface area contributed by atoms with Crippen molar-refractivity contribution < 1.29 is 43.1 Å². The summed E-state index contributed by atoms with van der Waals surface area (Å²) in [6.07, 6.45) is 3.66. The number of unbranched alkanes of at least 4 members (excludes halogenated alkanes) is 1. The van der Waals surface area contributed by atoms with E-state index in [1.54, 1.807) is 7.11 Å². The van der Waals surface area contributed by atoms with E-state index in [4.69, 9.17) is 19.3 Å². The summed E-state index contributed by atoms with van der Waals surface area (Å²) in [6.45, 7) is 15.4. The summed E-state index contributed by atoms with van der Waals surface area (Å²) >= 11 is -2.03. The number of ketones is 1. The minimum absolute atomic E-state index is 0.0773. The van der Waals surface area contributed by atoms with E-state index < -0.39 is 51.4 Å². The number of aliphatic hydroxyl groups excluding tert-OH is 3. The maximum atomic E-state index is 13.5. The van der Waals surface area contributed by atoms with E-state index in [0.29, 0.717) is 71.3 Å². The number of carbonyl (C=O) groups is 1. The highest BCUT2D eigenvalue weighted by atomic mass is 32.2. The van der Waals surface area contributed by atoms with E-state index >= 15 is 0 Å². The molecule has 11 nitrogen and oxygen atoms in total. The molecule has 0 aromatic heterocycles. The maximum absolute atomic E-state index is 13.5. The molecule has 0 aliphatic rings. The summed E-state index contributed by atoms with van der Waals surface area (Å²) < 4.78 is 37.9. The molecule has 12 heteroatoms. The first-order valence-corrected chi connectivity index (χ1v) is 17.1. The Bertz CT molecular complexity index is 766. The first-order valence-electron chi connectivity index (χ1n) is 15.9. The van der Waals surface area contributed by atoms with Crippen molar-refractivity contribution in [3.8, 4) is 0 Å². The van der Waals surface area contributed by atoms with Crippen molar-refractivity contribution in [2.75, 3.05) is 40.1 Å². The van der Waals surface area contributed by atoms with Gasteiger partial charge in [-0.25, -0.2) is 4.21 Å². The summed E-state index contributed by atoms with van der Waals surface area (Å²) in [5.41, 5.74) is -1.41. The van der Waals surface area contributed by atoms with Crippen LogP contribution in [0, 0.1) is 5.41 Å². The van der Waals surface area contributed by atoms with E-state index in [1.165, 1.54) is 0 Å². The monoisotopic (exact) mass is 640 g/mol. The summed E-state index contributed by atoms with van der Waals surface area (Å²) in [5.74, 6) is 0.0773. The predicted octanol–water partition coefficient (Wildman–Crippen LogP) is 3.51. The average Bonchev–Trinajstić information content (AvgIpc) is 2.94. The van der Waals surface area contributed by atoms with Crippen molar-refractivity contribution in [1.82, 2.24) is 10.6 Å². The second-order valence-electron chi connectivity index (χ2n) is 13.1. The molecule has 6 N–H and O–H groups in total. The number of hydrogen-bond donors (Lipinski definition) is 6. The lowest BCUT2D eigenvalue weighted by atomic mass is 9.76. The van der Waals surface area contributed by atoms with Gasteiger partial charge in [0.05, 0.1) is 42.3 Å². The Morgan fingerprint density at radius 1 is 0.837 bits per heavy atom. The van der Waals surface area contributed by atoms with Gasteiger partial charge in [0.2, 0.25) is 0 Å². The van der Waals surface area contributed by atoms with Crippen LogP contribution in [0.15, 0.2) is 0 Å². The molecule has 0 aliphatic heterocycles. The summed E-state index contributed by atoms with van der Waals surface area (Å²) in [4.78, 5) is 13.5. The van der Waals surface area contributed by atoms with Gasteiger partial charge in [-0.15, -0.1) is 0 Å². The number of carbonyl (C=O) groups excluding carboxylic acids is 1. The molecule has 0 fully saturated rings. The van der Waals surface area contributed by atoms with Crippen molar-refractivity contribution in [2.24, 2.45) is 5.41 Å². The molecule has 0 aromatic rings. The third-order valence-corrected chi connectivity index (χ3v) is 9.13. The van der Waals surface area contributed by atoms with Gasteiger partial charge in [-0.1, -0.05) is 27.2 Å². The van der Waals surface area contributed by atoms with E-state index in [-0.39, 0.29) is 18.8 Å². The smallest absolute Gasteiger partial charge is 0.156 e. The lowest BCUT2D eigenvalue weighted by Gasteiger charge is -2.32. The molecule has 5 unspecified atom stereocenters. The first kappa shape index (κ1) is 42.5. The molecule has 0 spiro atoms. The Morgan fingerprint density at radius 3 is 2.02 bits per heavy atom. The largest absolute Gasteiger partial charge is 0.396 e. The van der Waals surface area contributed by atoms with Gasteiger partial charge in [0.1, 0.15) is 12.5 Å². The fourth-order valence-electron chi connectivity index (χ4n) is 4.74. The molecule has 0 aliphatic carbocycles. The van der Waals surface area contributed by atoms with Crippen molar-refractivity contribution in [3.63, 3.8) is 0 Å². The zero-order chi connectivity index (χ0) is 33.1. The first-order chi connectivity index (χ1) is 20.1. The van der Waals surface area contributed by atoms with Crippen LogP contribution < -0.4 is 10.6 Å². The van der Waals surface area contributed by atoms with E-state index in [0.717, 1.165) is 12.8 Å². The van der Waals surface area contributed by atoms with Crippen molar-refractivity contribution >= 4 is 16.9 Å². The van der Waals surface area contributed by atoms with Gasteiger partial charge in [-0.3, -0.25) is 15.4 Å². The zero-order valence-electron chi connectivity index (χ0n) is 28.2. The molecule has 0 bridgehead atoms. The van der Waals surface area contributed by atoms with Crippen LogP contribution in [0.25, 0.3) is 0 Å². The Labute approximate surface area is 263 Å². The molecule has 0 saturated carbocycles. The fraction of sp³-hybridized carbons (Fsp3) is 0.968. The Kier molecular flexibility index (Phi) is 21.8. The minimum atomic E-state index is -2.03. The number of rotatable bonds is 28. The van der Waals surface area contributed by atoms with Crippen molar-refractivity contribution in [2.45, 2.75) is 148 Å². The normalized spacial score (nSPS) is 16.6. The summed E-state index contributed by atoms with van der Waals surface area (Å²) in [6, 6.07) is -0.517. The van der Waals surface area contributed by atoms with Gasteiger partial charge < -0.3 is 34.1 Å². The molecule has 0 saturated heterocycles. The highest BCUT2D eigenvalue weighted by Crippen LogP contribution is 2.29. The summed E-state index contributed by atoms with van der Waals surface area (Å²) in [7, 11) is 1.64. The van der Waals surface area contributed by atoms with Crippen LogP contribution in [0.5, 0.6) is 0 Å². The standard InChI is InChI=1S/C31H64N2O9S/c1-9-31(7,10-2)28(37)25(33-27(36)16-13-14-24(17-20-34)43(38)39)15-11-12-19-32-26(35)18-21-41-30(5,6)23-42-29(3,4)22-40-8/h24-27,32-36H,9-23H2,1-8H3,(H,38,39). The van der Waals surface area contributed by atoms with Crippen LogP contribution in [0.2, 0.25) is 0 Å².